The average molecular weight is 473 g/mol. The summed E-state index contributed by atoms with van der Waals surface area (Å²) in [7, 11) is 1.59. The molecule has 1 amide bonds. The summed E-state index contributed by atoms with van der Waals surface area (Å²) in [6.45, 7) is 8.43. The van der Waals surface area contributed by atoms with Crippen molar-refractivity contribution in [2.45, 2.75) is 50.8 Å². The minimum Gasteiger partial charge on any atom is -0.497 e. The molecule has 0 aliphatic heterocycles. The summed E-state index contributed by atoms with van der Waals surface area (Å²) in [5, 5.41) is 11.7. The lowest BCUT2D eigenvalue weighted by Gasteiger charge is -2.19. The summed E-state index contributed by atoms with van der Waals surface area (Å²) < 4.78 is 26.9. The van der Waals surface area contributed by atoms with Crippen molar-refractivity contribution < 1.29 is 18.7 Å². The van der Waals surface area contributed by atoms with Gasteiger partial charge < -0.3 is 19.4 Å². The van der Waals surface area contributed by atoms with E-state index < -0.39 is 17.2 Å². The maximum atomic E-state index is 14.0. The van der Waals surface area contributed by atoms with Crippen molar-refractivity contribution in [2.75, 3.05) is 12.4 Å². The quantitative estimate of drug-likeness (QED) is 0.401. The number of amides is 1. The lowest BCUT2D eigenvalue weighted by molar-refractivity contribution is -0.115. The Bertz CT molecular complexity index is 1070. The van der Waals surface area contributed by atoms with Crippen LogP contribution in [0.2, 0.25) is 0 Å². The first-order valence-corrected chi connectivity index (χ1v) is 11.6. The van der Waals surface area contributed by atoms with E-state index in [2.05, 4.69) is 29.4 Å². The highest BCUT2D eigenvalue weighted by atomic mass is 32.2. The smallest absolute Gasteiger partial charge is 0.237 e. The summed E-state index contributed by atoms with van der Waals surface area (Å²) >= 11 is 1.32. The van der Waals surface area contributed by atoms with Crippen LogP contribution in [0.1, 0.15) is 39.6 Å². The molecule has 9 heteroatoms. The third-order valence-electron chi connectivity index (χ3n) is 4.81. The number of halogens is 1. The van der Waals surface area contributed by atoms with Crippen LogP contribution in [0.4, 0.5) is 10.1 Å². The third-order valence-corrected chi connectivity index (χ3v) is 5.89. The summed E-state index contributed by atoms with van der Waals surface area (Å²) in [5.41, 5.74) is 0.685. The monoisotopic (exact) mass is 472 g/mol. The molecule has 0 bridgehead atoms. The van der Waals surface area contributed by atoms with E-state index in [0.29, 0.717) is 29.1 Å². The first-order valence-electron chi connectivity index (χ1n) is 10.7. The van der Waals surface area contributed by atoms with Gasteiger partial charge >= 0.3 is 0 Å². The summed E-state index contributed by atoms with van der Waals surface area (Å²) in [6.07, 6.45) is -0.522. The zero-order valence-corrected chi connectivity index (χ0v) is 20.2. The number of aromatic nitrogens is 3. The van der Waals surface area contributed by atoms with Gasteiger partial charge in [0.25, 0.3) is 0 Å². The van der Waals surface area contributed by atoms with Gasteiger partial charge in [0, 0.05) is 12.2 Å². The number of nitrogens with zero attached hydrogens (tertiary/aromatic N) is 3. The number of para-hydroxylation sites is 1. The van der Waals surface area contributed by atoms with Crippen LogP contribution < -0.4 is 14.8 Å². The van der Waals surface area contributed by atoms with Crippen molar-refractivity contribution in [3.8, 4) is 11.5 Å². The van der Waals surface area contributed by atoms with Crippen LogP contribution in [0, 0.1) is 11.7 Å². The van der Waals surface area contributed by atoms with E-state index in [1.165, 1.54) is 17.8 Å². The Balaban J connectivity index is 1.74. The van der Waals surface area contributed by atoms with Gasteiger partial charge in [-0.25, -0.2) is 4.39 Å². The van der Waals surface area contributed by atoms with E-state index in [4.69, 9.17) is 9.47 Å². The van der Waals surface area contributed by atoms with Gasteiger partial charge in [-0.05, 0) is 56.2 Å². The number of hydrogen-bond donors (Lipinski definition) is 1. The molecule has 0 saturated heterocycles. The fourth-order valence-corrected chi connectivity index (χ4v) is 4.00. The van der Waals surface area contributed by atoms with E-state index in [1.807, 2.05) is 18.4 Å². The number of methoxy groups -OCH3 is 1. The molecule has 7 nitrogen and oxygen atoms in total. The van der Waals surface area contributed by atoms with Crippen molar-refractivity contribution in [3.05, 3.63) is 60.2 Å². The van der Waals surface area contributed by atoms with Gasteiger partial charge in [0.05, 0.1) is 12.4 Å². The molecule has 1 N–H and O–H groups in total. The van der Waals surface area contributed by atoms with E-state index in [9.17, 15) is 9.18 Å². The van der Waals surface area contributed by atoms with Gasteiger partial charge in [-0.3, -0.25) is 4.79 Å². The molecule has 0 aliphatic rings. The predicted molar refractivity (Wildman–Crippen MR) is 127 cm³/mol. The van der Waals surface area contributed by atoms with Crippen LogP contribution in [0.3, 0.4) is 0 Å². The number of carbonyl (C=O) groups excluding carboxylic acids is 1. The van der Waals surface area contributed by atoms with E-state index in [-0.39, 0.29) is 11.7 Å². The lowest BCUT2D eigenvalue weighted by atomic mass is 10.2. The average Bonchev–Trinajstić information content (AvgIpc) is 3.17. The first-order chi connectivity index (χ1) is 15.8. The third kappa shape index (κ3) is 6.47. The number of benzene rings is 2. The van der Waals surface area contributed by atoms with Crippen LogP contribution in [0.15, 0.2) is 53.7 Å². The molecule has 1 heterocycles. The molecule has 176 valence electrons. The molecule has 0 aliphatic carbocycles. The van der Waals surface area contributed by atoms with Crippen LogP contribution in [0.25, 0.3) is 0 Å². The van der Waals surface area contributed by atoms with Gasteiger partial charge in [0.15, 0.2) is 28.7 Å². The topological polar surface area (TPSA) is 78.3 Å². The highest BCUT2D eigenvalue weighted by Crippen LogP contribution is 2.29. The zero-order valence-electron chi connectivity index (χ0n) is 19.4. The Kier molecular flexibility index (Phi) is 8.32. The molecule has 3 rings (SSSR count). The largest absolute Gasteiger partial charge is 0.497 e. The van der Waals surface area contributed by atoms with Crippen LogP contribution in [-0.4, -0.2) is 33.0 Å². The number of ether oxygens (including phenoxy) is 2. The molecule has 0 spiro atoms. The van der Waals surface area contributed by atoms with E-state index in [1.54, 1.807) is 49.6 Å². The molecule has 33 heavy (non-hydrogen) atoms. The number of anilines is 1. The van der Waals surface area contributed by atoms with Crippen molar-refractivity contribution >= 4 is 23.4 Å². The van der Waals surface area contributed by atoms with Crippen molar-refractivity contribution in [1.82, 2.24) is 14.8 Å². The molecule has 0 saturated carbocycles. The number of rotatable bonds is 10. The highest BCUT2D eigenvalue weighted by molar-refractivity contribution is 8.00. The van der Waals surface area contributed by atoms with Crippen molar-refractivity contribution in [3.63, 3.8) is 0 Å². The molecular weight excluding hydrogens is 443 g/mol. The maximum absolute atomic E-state index is 14.0. The molecule has 1 aromatic heterocycles. The Hall–Kier alpha value is -3.07. The Morgan fingerprint density at radius 1 is 1.09 bits per heavy atom. The fourth-order valence-electron chi connectivity index (χ4n) is 3.14. The molecule has 2 aromatic carbocycles. The second kappa shape index (κ2) is 11.2. The van der Waals surface area contributed by atoms with Gasteiger partial charge in [-0.15, -0.1) is 10.2 Å². The fraction of sp³-hybridized carbons (Fsp3) is 0.375. The van der Waals surface area contributed by atoms with Gasteiger partial charge in [0.1, 0.15) is 5.75 Å². The number of carbonyl (C=O) groups is 1. The van der Waals surface area contributed by atoms with E-state index >= 15 is 0 Å². The van der Waals surface area contributed by atoms with Crippen LogP contribution in [-0.2, 0) is 11.3 Å². The maximum Gasteiger partial charge on any atom is 0.237 e. The van der Waals surface area contributed by atoms with Crippen LogP contribution in [0.5, 0.6) is 11.5 Å². The van der Waals surface area contributed by atoms with Crippen molar-refractivity contribution in [1.29, 1.82) is 0 Å². The second-order valence-corrected chi connectivity index (χ2v) is 9.32. The Morgan fingerprint density at radius 3 is 2.42 bits per heavy atom. The van der Waals surface area contributed by atoms with Gasteiger partial charge in [-0.1, -0.05) is 37.7 Å². The molecule has 0 fully saturated rings. The normalized spacial score (nSPS) is 12.9. The number of nitrogens with one attached hydrogen (secondary N) is 1. The lowest BCUT2D eigenvalue weighted by Crippen LogP contribution is -2.23. The minimum absolute atomic E-state index is 0.151. The Morgan fingerprint density at radius 2 is 1.79 bits per heavy atom. The molecule has 2 unspecified atom stereocenters. The Labute approximate surface area is 197 Å². The molecule has 3 aromatic rings. The van der Waals surface area contributed by atoms with E-state index in [0.717, 1.165) is 5.75 Å². The van der Waals surface area contributed by atoms with Gasteiger partial charge in [-0.2, -0.15) is 0 Å². The predicted octanol–water partition coefficient (Wildman–Crippen LogP) is 5.34. The minimum atomic E-state index is -0.522. The molecule has 2 atom stereocenters. The zero-order chi connectivity index (χ0) is 24.0. The van der Waals surface area contributed by atoms with Gasteiger partial charge in [0.2, 0.25) is 5.91 Å². The summed E-state index contributed by atoms with van der Waals surface area (Å²) in [4.78, 5) is 12.7. The SMILES string of the molecule is COc1ccc(NC(=O)C(C)Sc2nnc(C(C)Oc3ccccc3F)n2CC(C)C)cc1. The molecule has 0 radical (unpaired) electrons. The molecular formula is C24H29FN4O3S. The van der Waals surface area contributed by atoms with Crippen LogP contribution >= 0.6 is 11.8 Å². The second-order valence-electron chi connectivity index (χ2n) is 8.01. The summed E-state index contributed by atoms with van der Waals surface area (Å²) in [5.74, 6) is 1.18. The highest BCUT2D eigenvalue weighted by Gasteiger charge is 2.24. The summed E-state index contributed by atoms with van der Waals surface area (Å²) in [6, 6.07) is 13.4. The number of thioether (sulfide) groups is 1. The number of hydrogen-bond acceptors (Lipinski definition) is 6. The standard InChI is InChI=1S/C24H29FN4O3S/c1-15(2)14-29-22(16(3)32-21-9-7-6-8-20(21)25)27-28-24(29)33-17(4)23(30)26-18-10-12-19(31-5)13-11-18/h6-13,15-17H,14H2,1-5H3,(H,26,30). The van der Waals surface area contributed by atoms with Crippen molar-refractivity contribution in [2.24, 2.45) is 5.92 Å². The first kappa shape index (κ1) is 24.6.